The number of benzene rings is 1. The Morgan fingerprint density at radius 2 is 1.86 bits per heavy atom. The quantitative estimate of drug-likeness (QED) is 0.387. The predicted molar refractivity (Wildman–Crippen MR) is 86.6 cm³/mol. The fourth-order valence-electron chi connectivity index (χ4n) is 2.54. The smallest absolute Gasteiger partial charge is 0.371 e. The maximum Gasteiger partial charge on any atom is 0.371 e. The van der Waals surface area contributed by atoms with Crippen molar-refractivity contribution in [3.63, 3.8) is 0 Å². The lowest BCUT2D eigenvalue weighted by Gasteiger charge is -2.20. The molecule has 7 heteroatoms. The molecule has 5 nitrogen and oxygen atoms in total. The molecule has 0 heterocycles. The van der Waals surface area contributed by atoms with Gasteiger partial charge in [-0.25, -0.2) is 4.79 Å². The molecule has 1 aromatic rings. The van der Waals surface area contributed by atoms with Crippen LogP contribution < -0.4 is 10.5 Å². The summed E-state index contributed by atoms with van der Waals surface area (Å²) in [5.74, 6) is -0.0860. The topological polar surface area (TPSA) is 73.9 Å². The van der Waals surface area contributed by atoms with Gasteiger partial charge in [-0.1, -0.05) is 47.6 Å². The van der Waals surface area contributed by atoms with E-state index in [0.717, 1.165) is 25.7 Å². The van der Waals surface area contributed by atoms with E-state index in [2.05, 4.69) is 5.16 Å². The third-order valence-electron chi connectivity index (χ3n) is 3.72. The maximum atomic E-state index is 12.2. The summed E-state index contributed by atoms with van der Waals surface area (Å²) in [5.41, 5.74) is 5.93. The summed E-state index contributed by atoms with van der Waals surface area (Å²) in [4.78, 5) is 17.1. The van der Waals surface area contributed by atoms with Gasteiger partial charge in [-0.3, -0.25) is 0 Å². The lowest BCUT2D eigenvalue weighted by molar-refractivity contribution is 0.0509. The molecular weight excluding hydrogens is 327 g/mol. The van der Waals surface area contributed by atoms with Crippen LogP contribution in [0.4, 0.5) is 0 Å². The Hall–Kier alpha value is -1.46. The Balaban J connectivity index is 2.14. The van der Waals surface area contributed by atoms with Crippen molar-refractivity contribution < 1.29 is 14.4 Å². The first-order valence-corrected chi connectivity index (χ1v) is 7.87. The highest BCUT2D eigenvalue weighted by atomic mass is 35.5. The third-order valence-corrected chi connectivity index (χ3v) is 4.34. The number of halogens is 2. The first-order valence-electron chi connectivity index (χ1n) is 7.11. The Morgan fingerprint density at radius 1 is 1.23 bits per heavy atom. The highest BCUT2D eigenvalue weighted by Gasteiger charge is 2.22. The SMILES string of the molecule is COc1c(Cl)ccc(Cl)c1C(=O)O/N=C(\N)C1CCCCC1. The number of carbonyl (C=O) groups excluding carboxylic acids is 1. The van der Waals surface area contributed by atoms with Gasteiger partial charge in [-0.2, -0.15) is 0 Å². The van der Waals surface area contributed by atoms with Crippen LogP contribution >= 0.6 is 23.2 Å². The third kappa shape index (κ3) is 3.84. The molecule has 22 heavy (non-hydrogen) atoms. The minimum atomic E-state index is -0.747. The second kappa shape index (κ2) is 7.70. The zero-order chi connectivity index (χ0) is 16.1. The van der Waals surface area contributed by atoms with Crippen LogP contribution in [-0.2, 0) is 4.84 Å². The van der Waals surface area contributed by atoms with Gasteiger partial charge >= 0.3 is 5.97 Å². The number of nitrogens with two attached hydrogens (primary N) is 1. The molecule has 120 valence electrons. The van der Waals surface area contributed by atoms with Crippen molar-refractivity contribution in [3.05, 3.63) is 27.7 Å². The Labute approximate surface area is 139 Å². The molecule has 2 rings (SSSR count). The molecule has 0 radical (unpaired) electrons. The van der Waals surface area contributed by atoms with Gasteiger partial charge < -0.3 is 15.3 Å². The molecule has 0 saturated heterocycles. The van der Waals surface area contributed by atoms with Crippen LogP contribution in [0.3, 0.4) is 0 Å². The van der Waals surface area contributed by atoms with Gasteiger partial charge in [0.2, 0.25) is 0 Å². The molecule has 0 aliphatic heterocycles. The number of hydrogen-bond acceptors (Lipinski definition) is 4. The van der Waals surface area contributed by atoms with Gasteiger partial charge in [0.25, 0.3) is 0 Å². The summed E-state index contributed by atoms with van der Waals surface area (Å²) in [6.07, 6.45) is 5.37. The number of nitrogens with zero attached hydrogens (tertiary/aromatic N) is 1. The van der Waals surface area contributed by atoms with E-state index in [9.17, 15) is 4.79 Å². The van der Waals surface area contributed by atoms with E-state index in [4.69, 9.17) is 38.5 Å². The van der Waals surface area contributed by atoms with Crippen molar-refractivity contribution in [2.24, 2.45) is 16.8 Å². The highest BCUT2D eigenvalue weighted by molar-refractivity contribution is 6.37. The van der Waals surface area contributed by atoms with Crippen LogP contribution in [0.25, 0.3) is 0 Å². The molecular formula is C15H18Cl2N2O3. The molecule has 2 N–H and O–H groups in total. The maximum absolute atomic E-state index is 12.2. The van der Waals surface area contributed by atoms with Gasteiger partial charge in [-0.05, 0) is 25.0 Å². The van der Waals surface area contributed by atoms with Crippen molar-refractivity contribution in [1.29, 1.82) is 0 Å². The molecule has 0 aromatic heterocycles. The van der Waals surface area contributed by atoms with Crippen LogP contribution in [0.2, 0.25) is 10.0 Å². The van der Waals surface area contributed by atoms with E-state index >= 15 is 0 Å². The fraction of sp³-hybridized carbons (Fsp3) is 0.467. The molecule has 1 saturated carbocycles. The minimum Gasteiger partial charge on any atom is -0.494 e. The summed E-state index contributed by atoms with van der Waals surface area (Å²) >= 11 is 12.0. The molecule has 0 spiro atoms. The molecule has 1 aliphatic rings. The summed E-state index contributed by atoms with van der Waals surface area (Å²) in [6, 6.07) is 3.04. The van der Waals surface area contributed by atoms with Crippen molar-refractivity contribution in [1.82, 2.24) is 0 Å². The number of oxime groups is 1. The monoisotopic (exact) mass is 344 g/mol. The van der Waals surface area contributed by atoms with Crippen molar-refractivity contribution in [3.8, 4) is 5.75 Å². The normalized spacial score (nSPS) is 16.4. The lowest BCUT2D eigenvalue weighted by atomic mass is 9.89. The summed E-state index contributed by atoms with van der Waals surface area (Å²) in [7, 11) is 1.40. The lowest BCUT2D eigenvalue weighted by Crippen LogP contribution is -2.26. The number of hydrogen-bond donors (Lipinski definition) is 1. The predicted octanol–water partition coefficient (Wildman–Crippen LogP) is 4.01. The van der Waals surface area contributed by atoms with Crippen LogP contribution in [-0.4, -0.2) is 18.9 Å². The average Bonchev–Trinajstić information content (AvgIpc) is 2.54. The van der Waals surface area contributed by atoms with Crippen molar-refractivity contribution in [2.75, 3.05) is 7.11 Å². The highest BCUT2D eigenvalue weighted by Crippen LogP contribution is 2.34. The number of amidine groups is 1. The zero-order valence-corrected chi connectivity index (χ0v) is 13.8. The second-order valence-electron chi connectivity index (χ2n) is 5.17. The molecule has 1 fully saturated rings. The van der Waals surface area contributed by atoms with Crippen molar-refractivity contribution in [2.45, 2.75) is 32.1 Å². The Morgan fingerprint density at radius 3 is 2.50 bits per heavy atom. The number of rotatable bonds is 4. The van der Waals surface area contributed by atoms with Crippen LogP contribution in [0.5, 0.6) is 5.75 Å². The Kier molecular flexibility index (Phi) is 5.91. The van der Waals surface area contributed by atoms with Crippen LogP contribution in [0.15, 0.2) is 17.3 Å². The van der Waals surface area contributed by atoms with E-state index < -0.39 is 5.97 Å². The fourth-order valence-corrected chi connectivity index (χ4v) is 3.00. The summed E-state index contributed by atoms with van der Waals surface area (Å²) < 4.78 is 5.10. The van der Waals surface area contributed by atoms with E-state index in [1.165, 1.54) is 19.6 Å². The summed E-state index contributed by atoms with van der Waals surface area (Å²) in [5, 5.41) is 4.20. The van der Waals surface area contributed by atoms with E-state index in [1.54, 1.807) is 6.07 Å². The van der Waals surface area contributed by atoms with E-state index in [1.807, 2.05) is 0 Å². The Bertz CT molecular complexity index is 584. The molecule has 1 aliphatic carbocycles. The standard InChI is InChI=1S/C15H18Cl2N2O3/c1-21-13-11(17)8-7-10(16)12(13)15(20)22-19-14(18)9-5-3-2-4-6-9/h7-9H,2-6H2,1H3,(H2,18,19). The molecule has 0 amide bonds. The summed E-state index contributed by atoms with van der Waals surface area (Å²) in [6.45, 7) is 0. The van der Waals surface area contributed by atoms with Gasteiger partial charge in [0, 0.05) is 5.92 Å². The number of ether oxygens (including phenoxy) is 1. The molecule has 0 unspecified atom stereocenters. The van der Waals surface area contributed by atoms with Gasteiger partial charge in [-0.15, -0.1) is 0 Å². The van der Waals surface area contributed by atoms with Gasteiger partial charge in [0.05, 0.1) is 17.2 Å². The van der Waals surface area contributed by atoms with Crippen molar-refractivity contribution >= 4 is 35.0 Å². The van der Waals surface area contributed by atoms with Crippen LogP contribution in [0, 0.1) is 5.92 Å². The number of carbonyl (C=O) groups is 1. The average molecular weight is 345 g/mol. The largest absolute Gasteiger partial charge is 0.494 e. The van der Waals surface area contributed by atoms with E-state index in [-0.39, 0.29) is 27.3 Å². The molecule has 1 aromatic carbocycles. The first-order chi connectivity index (χ1) is 10.5. The van der Waals surface area contributed by atoms with Crippen LogP contribution in [0.1, 0.15) is 42.5 Å². The first kappa shape index (κ1) is 16.9. The zero-order valence-electron chi connectivity index (χ0n) is 12.3. The second-order valence-corrected chi connectivity index (χ2v) is 5.98. The van der Waals surface area contributed by atoms with Gasteiger partial charge in [0.1, 0.15) is 11.4 Å². The van der Waals surface area contributed by atoms with E-state index in [0.29, 0.717) is 5.84 Å². The molecule has 0 bridgehead atoms. The number of methoxy groups -OCH3 is 1. The molecule has 0 atom stereocenters. The van der Waals surface area contributed by atoms with Gasteiger partial charge in [0.15, 0.2) is 5.75 Å². The minimum absolute atomic E-state index is 0.0388.